The average Bonchev–Trinajstić information content (AvgIpc) is 3.14. The Kier molecular flexibility index (Phi) is 5.91. The number of hydrogen-bond donors (Lipinski definition) is 1. The van der Waals surface area contributed by atoms with Crippen molar-refractivity contribution in [1.82, 2.24) is 4.90 Å². The highest BCUT2D eigenvalue weighted by atomic mass is 16.5. The van der Waals surface area contributed by atoms with E-state index in [0.29, 0.717) is 24.5 Å². The lowest BCUT2D eigenvalue weighted by Gasteiger charge is -2.28. The lowest BCUT2D eigenvalue weighted by atomic mass is 9.95. The average molecular weight is 471 g/mol. The fourth-order valence-electron chi connectivity index (χ4n) is 4.61. The highest BCUT2D eigenvalue weighted by Gasteiger charge is 2.46. The Hall–Kier alpha value is -4.26. The van der Waals surface area contributed by atoms with Gasteiger partial charge in [0, 0.05) is 19.2 Å². The molecule has 35 heavy (non-hydrogen) atoms. The van der Waals surface area contributed by atoms with Gasteiger partial charge in [-0.05, 0) is 41.5 Å². The first-order chi connectivity index (χ1) is 17.0. The molecule has 7 heteroatoms. The van der Waals surface area contributed by atoms with E-state index in [1.807, 2.05) is 66.5 Å². The van der Waals surface area contributed by atoms with Gasteiger partial charge in [-0.1, -0.05) is 42.5 Å². The number of ketones is 1. The quantitative estimate of drug-likeness (QED) is 0.343. The Morgan fingerprint density at radius 1 is 1.06 bits per heavy atom. The summed E-state index contributed by atoms with van der Waals surface area (Å²) in [6.07, 6.45) is 0. The molecule has 2 heterocycles. The van der Waals surface area contributed by atoms with Crippen LogP contribution in [0.15, 0.2) is 78.4 Å². The SMILES string of the molecule is COc1ccc(CN2C(=O)C(=O)/C(=C(\O)c3ccc4c(c3)N(C)CCO4)C2c2ccccc2)cc1. The second-order valence-corrected chi connectivity index (χ2v) is 8.64. The molecule has 1 saturated heterocycles. The summed E-state index contributed by atoms with van der Waals surface area (Å²) in [6.45, 7) is 1.51. The van der Waals surface area contributed by atoms with Crippen molar-refractivity contribution in [2.75, 3.05) is 32.2 Å². The maximum atomic E-state index is 13.3. The fourth-order valence-corrected chi connectivity index (χ4v) is 4.61. The third-order valence-corrected chi connectivity index (χ3v) is 6.50. The van der Waals surface area contributed by atoms with Gasteiger partial charge in [0.05, 0.1) is 31.0 Å². The number of likely N-dealkylation sites (N-methyl/N-ethyl adjacent to an activating group) is 1. The summed E-state index contributed by atoms with van der Waals surface area (Å²) in [5, 5.41) is 11.4. The van der Waals surface area contributed by atoms with E-state index in [1.165, 1.54) is 4.90 Å². The Labute approximate surface area is 203 Å². The fraction of sp³-hybridized carbons (Fsp3) is 0.214. The number of aliphatic hydroxyl groups is 1. The molecule has 0 saturated carbocycles. The standard InChI is InChI=1S/C28H26N2O5/c1-29-14-15-35-23-13-10-20(16-22(23)29)26(31)24-25(19-6-4-3-5-7-19)30(28(33)27(24)32)17-18-8-11-21(34-2)12-9-18/h3-13,16,25,31H,14-15,17H2,1-2H3/b26-24-. The molecule has 1 unspecified atom stereocenters. The van der Waals surface area contributed by atoms with Crippen LogP contribution >= 0.6 is 0 Å². The summed E-state index contributed by atoms with van der Waals surface area (Å²) >= 11 is 0. The van der Waals surface area contributed by atoms with Crippen LogP contribution in [0.5, 0.6) is 11.5 Å². The molecule has 0 radical (unpaired) electrons. The number of carbonyl (C=O) groups is 2. The maximum Gasteiger partial charge on any atom is 0.295 e. The number of likely N-dealkylation sites (tertiary alicyclic amines) is 1. The van der Waals surface area contributed by atoms with Crippen LogP contribution in [-0.2, 0) is 16.1 Å². The van der Waals surface area contributed by atoms with Crippen LogP contribution in [0.2, 0.25) is 0 Å². The van der Waals surface area contributed by atoms with E-state index >= 15 is 0 Å². The largest absolute Gasteiger partial charge is 0.507 e. The third-order valence-electron chi connectivity index (χ3n) is 6.50. The van der Waals surface area contributed by atoms with E-state index in [0.717, 1.165) is 22.6 Å². The molecule has 1 N–H and O–H groups in total. The van der Waals surface area contributed by atoms with Gasteiger partial charge in [0.25, 0.3) is 11.7 Å². The molecule has 0 bridgehead atoms. The number of benzene rings is 3. The molecule has 1 atom stereocenters. The number of hydrogen-bond acceptors (Lipinski definition) is 6. The number of aliphatic hydroxyl groups excluding tert-OH is 1. The Balaban J connectivity index is 1.60. The minimum absolute atomic E-state index is 0.0778. The molecule has 3 aromatic carbocycles. The Morgan fingerprint density at radius 3 is 2.51 bits per heavy atom. The highest BCUT2D eigenvalue weighted by molar-refractivity contribution is 6.46. The van der Waals surface area contributed by atoms with Crippen LogP contribution in [-0.4, -0.2) is 49.0 Å². The molecule has 2 aliphatic heterocycles. The lowest BCUT2D eigenvalue weighted by Crippen LogP contribution is -2.29. The monoisotopic (exact) mass is 470 g/mol. The number of ether oxygens (including phenoxy) is 2. The molecule has 178 valence electrons. The van der Waals surface area contributed by atoms with Gasteiger partial charge in [-0.15, -0.1) is 0 Å². The van der Waals surface area contributed by atoms with Crippen LogP contribution in [0.4, 0.5) is 5.69 Å². The predicted octanol–water partition coefficient (Wildman–Crippen LogP) is 4.15. The number of fused-ring (bicyclic) bond motifs is 1. The first-order valence-corrected chi connectivity index (χ1v) is 11.4. The van der Waals surface area contributed by atoms with Crippen LogP contribution in [0.25, 0.3) is 5.76 Å². The number of anilines is 1. The molecule has 1 amide bonds. The van der Waals surface area contributed by atoms with Crippen molar-refractivity contribution in [3.05, 3.63) is 95.1 Å². The van der Waals surface area contributed by atoms with Crippen molar-refractivity contribution in [3.63, 3.8) is 0 Å². The molecule has 0 aliphatic carbocycles. The minimum Gasteiger partial charge on any atom is -0.507 e. The van der Waals surface area contributed by atoms with E-state index in [4.69, 9.17) is 9.47 Å². The van der Waals surface area contributed by atoms with Crippen molar-refractivity contribution >= 4 is 23.1 Å². The molecule has 0 spiro atoms. The van der Waals surface area contributed by atoms with Gasteiger partial charge in [0.1, 0.15) is 23.9 Å². The second-order valence-electron chi connectivity index (χ2n) is 8.64. The van der Waals surface area contributed by atoms with Crippen molar-refractivity contribution in [2.45, 2.75) is 12.6 Å². The first kappa shape index (κ1) is 22.5. The number of carbonyl (C=O) groups excluding carboxylic acids is 2. The van der Waals surface area contributed by atoms with E-state index in [9.17, 15) is 14.7 Å². The summed E-state index contributed by atoms with van der Waals surface area (Å²) in [4.78, 5) is 30.1. The van der Waals surface area contributed by atoms with E-state index in [1.54, 1.807) is 25.3 Å². The van der Waals surface area contributed by atoms with Gasteiger partial charge < -0.3 is 24.4 Å². The summed E-state index contributed by atoms with van der Waals surface area (Å²) in [7, 11) is 3.54. The topological polar surface area (TPSA) is 79.3 Å². The van der Waals surface area contributed by atoms with Gasteiger partial charge in [-0.25, -0.2) is 0 Å². The van der Waals surface area contributed by atoms with Crippen LogP contribution in [0.3, 0.4) is 0 Å². The van der Waals surface area contributed by atoms with Crippen molar-refractivity contribution < 1.29 is 24.2 Å². The van der Waals surface area contributed by atoms with E-state index in [-0.39, 0.29) is 17.9 Å². The second kappa shape index (κ2) is 9.18. The summed E-state index contributed by atoms with van der Waals surface area (Å²) in [6, 6.07) is 21.2. The number of Topliss-reactive ketones (excluding diaryl/α,β-unsaturated/α-hetero) is 1. The number of nitrogens with zero attached hydrogens (tertiary/aromatic N) is 2. The number of amides is 1. The van der Waals surface area contributed by atoms with E-state index < -0.39 is 17.7 Å². The molecular formula is C28H26N2O5. The molecule has 0 aromatic heterocycles. The Bertz CT molecular complexity index is 1300. The summed E-state index contributed by atoms with van der Waals surface area (Å²) in [5.41, 5.74) is 2.96. The smallest absolute Gasteiger partial charge is 0.295 e. The van der Waals surface area contributed by atoms with E-state index in [2.05, 4.69) is 0 Å². The lowest BCUT2D eigenvalue weighted by molar-refractivity contribution is -0.140. The van der Waals surface area contributed by atoms with Gasteiger partial charge >= 0.3 is 0 Å². The number of rotatable bonds is 5. The molecule has 3 aromatic rings. The molecule has 5 rings (SSSR count). The predicted molar refractivity (Wildman–Crippen MR) is 132 cm³/mol. The molecule has 1 fully saturated rings. The highest BCUT2D eigenvalue weighted by Crippen LogP contribution is 2.41. The summed E-state index contributed by atoms with van der Waals surface area (Å²) < 4.78 is 10.9. The van der Waals surface area contributed by atoms with Crippen molar-refractivity contribution in [1.29, 1.82) is 0 Å². The zero-order valence-corrected chi connectivity index (χ0v) is 19.6. The normalized spacial score (nSPS) is 18.9. The Morgan fingerprint density at radius 2 is 1.80 bits per heavy atom. The molecular weight excluding hydrogens is 444 g/mol. The first-order valence-electron chi connectivity index (χ1n) is 11.4. The third kappa shape index (κ3) is 4.10. The minimum atomic E-state index is -0.719. The van der Waals surface area contributed by atoms with Crippen molar-refractivity contribution in [2.24, 2.45) is 0 Å². The van der Waals surface area contributed by atoms with Crippen LogP contribution in [0.1, 0.15) is 22.7 Å². The van der Waals surface area contributed by atoms with Crippen molar-refractivity contribution in [3.8, 4) is 11.5 Å². The molecule has 7 nitrogen and oxygen atoms in total. The number of methoxy groups -OCH3 is 1. The van der Waals surface area contributed by atoms with Gasteiger partial charge in [-0.2, -0.15) is 0 Å². The van der Waals surface area contributed by atoms with Gasteiger partial charge in [0.15, 0.2) is 0 Å². The molecule has 2 aliphatic rings. The van der Waals surface area contributed by atoms with Crippen LogP contribution in [0, 0.1) is 0 Å². The van der Waals surface area contributed by atoms with Crippen LogP contribution < -0.4 is 14.4 Å². The zero-order valence-electron chi connectivity index (χ0n) is 19.6. The summed E-state index contributed by atoms with van der Waals surface area (Å²) in [5.74, 6) is -0.121. The van der Waals surface area contributed by atoms with Gasteiger partial charge in [0.2, 0.25) is 0 Å². The van der Waals surface area contributed by atoms with Gasteiger partial charge in [-0.3, -0.25) is 9.59 Å². The zero-order chi connectivity index (χ0) is 24.5. The maximum absolute atomic E-state index is 13.3.